The molecule has 2 amide bonds. The summed E-state index contributed by atoms with van der Waals surface area (Å²) < 4.78 is 0. The largest absolute Gasteiger partial charge is 0.366 e. The van der Waals surface area contributed by atoms with Gasteiger partial charge in [-0.2, -0.15) is 5.10 Å². The zero-order valence-corrected chi connectivity index (χ0v) is 16.3. The lowest BCUT2D eigenvalue weighted by Crippen LogP contribution is -2.37. The van der Waals surface area contributed by atoms with Crippen LogP contribution >= 0.6 is 0 Å². The topological polar surface area (TPSA) is 104 Å². The van der Waals surface area contributed by atoms with Crippen molar-refractivity contribution >= 4 is 22.7 Å². The normalized spacial score (nSPS) is 14.8. The molecule has 1 aliphatic rings. The lowest BCUT2D eigenvalue weighted by atomic mass is 10.0. The molecule has 29 heavy (non-hydrogen) atoms. The molecule has 1 saturated heterocycles. The highest BCUT2D eigenvalue weighted by atomic mass is 16.2. The summed E-state index contributed by atoms with van der Waals surface area (Å²) in [7, 11) is 0. The van der Waals surface area contributed by atoms with Crippen LogP contribution in [0, 0.1) is 0 Å². The van der Waals surface area contributed by atoms with Gasteiger partial charge in [0.15, 0.2) is 0 Å². The van der Waals surface area contributed by atoms with E-state index in [1.165, 1.54) is 19.3 Å². The molecule has 150 valence electrons. The minimum Gasteiger partial charge on any atom is -0.366 e. The number of hydrogen-bond acceptors (Lipinski definition) is 4. The average Bonchev–Trinajstić information content (AvgIpc) is 3.18. The number of carbonyl (C=O) groups is 2. The van der Waals surface area contributed by atoms with Crippen molar-refractivity contribution in [2.45, 2.75) is 19.3 Å². The van der Waals surface area contributed by atoms with Crippen molar-refractivity contribution in [3.63, 3.8) is 0 Å². The van der Waals surface area contributed by atoms with Crippen molar-refractivity contribution in [1.29, 1.82) is 0 Å². The molecule has 0 unspecified atom stereocenters. The van der Waals surface area contributed by atoms with Gasteiger partial charge in [-0.1, -0.05) is 18.6 Å². The number of nitrogens with two attached hydrogens (primary N) is 1. The highest BCUT2D eigenvalue weighted by Gasteiger charge is 2.14. The molecule has 1 aliphatic heterocycles. The Balaban J connectivity index is 1.49. The maximum Gasteiger partial charge on any atom is 0.251 e. The van der Waals surface area contributed by atoms with Crippen LogP contribution in [0.2, 0.25) is 0 Å². The third kappa shape index (κ3) is 4.30. The molecule has 4 N–H and O–H groups in total. The van der Waals surface area contributed by atoms with Crippen LogP contribution < -0.4 is 11.1 Å². The van der Waals surface area contributed by atoms with Crippen molar-refractivity contribution in [3.8, 4) is 11.3 Å². The van der Waals surface area contributed by atoms with Gasteiger partial charge in [-0.15, -0.1) is 0 Å². The summed E-state index contributed by atoms with van der Waals surface area (Å²) in [5, 5.41) is 11.1. The Bertz CT molecular complexity index is 1040. The van der Waals surface area contributed by atoms with Crippen LogP contribution in [0.4, 0.5) is 0 Å². The summed E-state index contributed by atoms with van der Waals surface area (Å²) in [5.74, 6) is -0.581. The number of likely N-dealkylation sites (tertiary alicyclic amines) is 1. The Labute approximate surface area is 169 Å². The number of rotatable bonds is 6. The number of nitrogens with zero attached hydrogens (tertiary/aromatic N) is 2. The molecule has 3 aromatic rings. The molecule has 7 heteroatoms. The molecule has 1 fully saturated rings. The summed E-state index contributed by atoms with van der Waals surface area (Å²) in [6.07, 6.45) is 3.79. The van der Waals surface area contributed by atoms with Gasteiger partial charge in [0.05, 0.1) is 11.2 Å². The number of primary amides is 1. The first-order valence-electron chi connectivity index (χ1n) is 10.0. The summed E-state index contributed by atoms with van der Waals surface area (Å²) in [6, 6.07) is 12.5. The number of amides is 2. The molecule has 4 rings (SSSR count). The molecule has 1 aromatic heterocycles. The van der Waals surface area contributed by atoms with Gasteiger partial charge in [-0.05, 0) is 56.3 Å². The molecule has 2 aromatic carbocycles. The van der Waals surface area contributed by atoms with E-state index in [9.17, 15) is 9.59 Å². The van der Waals surface area contributed by atoms with E-state index in [4.69, 9.17) is 5.73 Å². The van der Waals surface area contributed by atoms with Gasteiger partial charge in [-0.25, -0.2) is 0 Å². The minimum atomic E-state index is -0.485. The van der Waals surface area contributed by atoms with Gasteiger partial charge in [0.2, 0.25) is 5.91 Å². The van der Waals surface area contributed by atoms with Gasteiger partial charge in [0.25, 0.3) is 5.91 Å². The van der Waals surface area contributed by atoms with Crippen LogP contribution in [0.15, 0.2) is 42.5 Å². The van der Waals surface area contributed by atoms with E-state index in [0.717, 1.165) is 36.1 Å². The number of benzene rings is 2. The van der Waals surface area contributed by atoms with Crippen LogP contribution in [0.25, 0.3) is 22.2 Å². The van der Waals surface area contributed by atoms with Crippen molar-refractivity contribution in [3.05, 3.63) is 53.6 Å². The number of H-pyrrole nitrogens is 1. The fourth-order valence-electron chi connectivity index (χ4n) is 3.81. The third-order valence-electron chi connectivity index (χ3n) is 5.41. The van der Waals surface area contributed by atoms with E-state index in [2.05, 4.69) is 20.4 Å². The standard InChI is InChI=1S/C22H25N5O2/c23-21(28)16-7-8-19-18(14-16)20(26-25-19)15-5-4-6-17(13-15)22(29)24-9-12-27-10-2-1-3-11-27/h4-8,13-14H,1-3,9-12H2,(H2,23,28)(H,24,29)(H,25,26). The molecular formula is C22H25N5O2. The maximum absolute atomic E-state index is 12.6. The first kappa shape index (κ1) is 19.1. The Hall–Kier alpha value is -3.19. The maximum atomic E-state index is 12.6. The van der Waals surface area contributed by atoms with Gasteiger partial charge >= 0.3 is 0 Å². The van der Waals surface area contributed by atoms with Crippen molar-refractivity contribution in [2.24, 2.45) is 5.73 Å². The summed E-state index contributed by atoms with van der Waals surface area (Å²) in [4.78, 5) is 26.5. The van der Waals surface area contributed by atoms with E-state index < -0.39 is 5.91 Å². The fourth-order valence-corrected chi connectivity index (χ4v) is 3.81. The number of carbonyl (C=O) groups excluding carboxylic acids is 2. The molecule has 2 heterocycles. The summed E-state index contributed by atoms with van der Waals surface area (Å²) >= 11 is 0. The Morgan fingerprint density at radius 2 is 1.90 bits per heavy atom. The number of aromatic amines is 1. The van der Waals surface area contributed by atoms with Crippen LogP contribution in [0.1, 0.15) is 40.0 Å². The van der Waals surface area contributed by atoms with Gasteiger partial charge in [0.1, 0.15) is 0 Å². The smallest absolute Gasteiger partial charge is 0.251 e. The van der Waals surface area contributed by atoms with Crippen molar-refractivity contribution in [2.75, 3.05) is 26.2 Å². The van der Waals surface area contributed by atoms with E-state index >= 15 is 0 Å². The van der Waals surface area contributed by atoms with Crippen molar-refractivity contribution < 1.29 is 9.59 Å². The molecular weight excluding hydrogens is 366 g/mol. The van der Waals surface area contributed by atoms with Crippen LogP contribution in [0.3, 0.4) is 0 Å². The second-order valence-electron chi connectivity index (χ2n) is 7.44. The Morgan fingerprint density at radius 3 is 2.69 bits per heavy atom. The molecule has 0 spiro atoms. The SMILES string of the molecule is NC(=O)c1ccc2[nH]nc(-c3cccc(C(=O)NCCN4CCCCC4)c3)c2c1. The van der Waals surface area contributed by atoms with E-state index in [1.54, 1.807) is 24.3 Å². The molecule has 0 bridgehead atoms. The summed E-state index contributed by atoms with van der Waals surface area (Å²) in [6.45, 7) is 3.75. The van der Waals surface area contributed by atoms with Crippen LogP contribution in [-0.2, 0) is 0 Å². The van der Waals surface area contributed by atoms with E-state index in [0.29, 0.717) is 23.4 Å². The highest BCUT2D eigenvalue weighted by Crippen LogP contribution is 2.27. The van der Waals surface area contributed by atoms with Gasteiger partial charge in [-0.3, -0.25) is 14.7 Å². The number of aromatic nitrogens is 2. The molecule has 0 atom stereocenters. The molecule has 0 aliphatic carbocycles. The molecule has 0 radical (unpaired) electrons. The predicted octanol–water partition coefficient (Wildman–Crippen LogP) is 2.54. The molecule has 7 nitrogen and oxygen atoms in total. The zero-order valence-electron chi connectivity index (χ0n) is 16.3. The lowest BCUT2D eigenvalue weighted by Gasteiger charge is -2.26. The fraction of sp³-hybridized carbons (Fsp3) is 0.318. The predicted molar refractivity (Wildman–Crippen MR) is 113 cm³/mol. The Morgan fingerprint density at radius 1 is 1.07 bits per heavy atom. The van der Waals surface area contributed by atoms with Gasteiger partial charge in [0, 0.05) is 35.2 Å². The van der Waals surface area contributed by atoms with Crippen molar-refractivity contribution in [1.82, 2.24) is 20.4 Å². The van der Waals surface area contributed by atoms with Crippen LogP contribution in [-0.4, -0.2) is 53.1 Å². The summed E-state index contributed by atoms with van der Waals surface area (Å²) in [5.41, 5.74) is 8.71. The van der Waals surface area contributed by atoms with E-state index in [1.807, 2.05) is 18.2 Å². The second kappa shape index (κ2) is 8.45. The van der Waals surface area contributed by atoms with Crippen LogP contribution in [0.5, 0.6) is 0 Å². The Kier molecular flexibility index (Phi) is 5.57. The van der Waals surface area contributed by atoms with Gasteiger partial charge < -0.3 is 16.0 Å². The number of fused-ring (bicyclic) bond motifs is 1. The highest BCUT2D eigenvalue weighted by molar-refractivity contribution is 6.01. The average molecular weight is 391 g/mol. The minimum absolute atomic E-state index is 0.0958. The first-order valence-corrected chi connectivity index (χ1v) is 10.0. The monoisotopic (exact) mass is 391 g/mol. The number of nitrogens with one attached hydrogen (secondary N) is 2. The first-order chi connectivity index (χ1) is 14.1. The third-order valence-corrected chi connectivity index (χ3v) is 5.41. The quantitative estimate of drug-likeness (QED) is 0.601. The zero-order chi connectivity index (χ0) is 20.2. The number of piperidine rings is 1. The second-order valence-corrected chi connectivity index (χ2v) is 7.44. The molecule has 0 saturated carbocycles. The number of hydrogen-bond donors (Lipinski definition) is 3. The van der Waals surface area contributed by atoms with E-state index in [-0.39, 0.29) is 5.91 Å². The lowest BCUT2D eigenvalue weighted by molar-refractivity contribution is 0.0945.